The molecule has 1 aromatic rings. The number of hydrogen-bond acceptors (Lipinski definition) is 8. The Bertz CT molecular complexity index is 942. The molecular weight excluding hydrogens is 394 g/mol. The zero-order valence-corrected chi connectivity index (χ0v) is 17.2. The molecule has 2 rings (SSSR count). The quantitative estimate of drug-likeness (QED) is 0.217. The molecule has 0 unspecified atom stereocenters. The number of hydrogen-bond donors (Lipinski definition) is 0. The predicted molar refractivity (Wildman–Crippen MR) is 106 cm³/mol. The molecule has 9 heteroatoms. The molecule has 0 bridgehead atoms. The highest BCUT2D eigenvalue weighted by Crippen LogP contribution is 2.32. The van der Waals surface area contributed by atoms with Crippen molar-refractivity contribution in [1.29, 1.82) is 0 Å². The summed E-state index contributed by atoms with van der Waals surface area (Å²) in [6.07, 6.45) is 3.18. The maximum atomic E-state index is 12.4. The van der Waals surface area contributed by atoms with Crippen LogP contribution in [0.5, 0.6) is 0 Å². The van der Waals surface area contributed by atoms with Crippen LogP contribution in [-0.4, -0.2) is 36.4 Å². The van der Waals surface area contributed by atoms with Crippen molar-refractivity contribution in [2.45, 2.75) is 33.0 Å². The van der Waals surface area contributed by atoms with Gasteiger partial charge < -0.3 is 18.9 Å². The van der Waals surface area contributed by atoms with E-state index in [-0.39, 0.29) is 41.4 Å². The fraction of sp³-hybridized carbons (Fsp3) is 0.333. The summed E-state index contributed by atoms with van der Waals surface area (Å²) in [7, 11) is 1.20. The second-order valence-electron chi connectivity index (χ2n) is 6.78. The number of ether oxygens (including phenoxy) is 4. The molecule has 9 nitrogen and oxygen atoms in total. The molecule has 30 heavy (non-hydrogen) atoms. The number of benzene rings is 1. The number of carbonyl (C=O) groups excluding carboxylic acids is 2. The van der Waals surface area contributed by atoms with Gasteiger partial charge in [-0.1, -0.05) is 18.7 Å². The zero-order valence-electron chi connectivity index (χ0n) is 17.2. The second kappa shape index (κ2) is 9.25. The van der Waals surface area contributed by atoms with Crippen LogP contribution in [0.2, 0.25) is 0 Å². The van der Waals surface area contributed by atoms with Gasteiger partial charge >= 0.3 is 11.9 Å². The van der Waals surface area contributed by atoms with E-state index < -0.39 is 22.6 Å². The lowest BCUT2D eigenvalue weighted by atomic mass is 10.1. The Morgan fingerprint density at radius 1 is 1.33 bits per heavy atom. The minimum absolute atomic E-state index is 0.0474. The largest absolute Gasteiger partial charge is 0.497 e. The van der Waals surface area contributed by atoms with E-state index in [4.69, 9.17) is 14.2 Å². The topological polar surface area (TPSA) is 114 Å². The molecule has 0 aliphatic carbocycles. The first-order valence-corrected chi connectivity index (χ1v) is 9.04. The van der Waals surface area contributed by atoms with E-state index in [1.165, 1.54) is 31.4 Å². The third-order valence-corrected chi connectivity index (χ3v) is 4.16. The summed E-state index contributed by atoms with van der Waals surface area (Å²) in [6.45, 7) is 8.43. The van der Waals surface area contributed by atoms with Gasteiger partial charge in [-0.15, -0.1) is 0 Å². The van der Waals surface area contributed by atoms with Crippen LogP contribution in [0.15, 0.2) is 54.0 Å². The molecule has 0 spiro atoms. The Kier molecular flexibility index (Phi) is 6.99. The van der Waals surface area contributed by atoms with Crippen LogP contribution in [0.3, 0.4) is 0 Å². The molecule has 1 fully saturated rings. The number of nitrogens with zero attached hydrogens (tertiary/aromatic N) is 1. The number of nitro benzene ring substituents is 1. The summed E-state index contributed by atoms with van der Waals surface area (Å²) in [5.74, 6) is -1.89. The van der Waals surface area contributed by atoms with Crippen molar-refractivity contribution in [3.8, 4) is 0 Å². The Balaban J connectivity index is 2.20. The third-order valence-electron chi connectivity index (χ3n) is 4.16. The smallest absolute Gasteiger partial charge is 0.348 e. The third kappa shape index (κ3) is 5.25. The lowest BCUT2D eigenvalue weighted by Crippen LogP contribution is -2.38. The van der Waals surface area contributed by atoms with Crippen LogP contribution >= 0.6 is 0 Å². The molecule has 0 radical (unpaired) electrons. The lowest BCUT2D eigenvalue weighted by Gasteiger charge is -2.33. The standard InChI is InChI=1S/C21H23NO8/c1-6-7-17-18(20(24)30-21(3,4)29-17)13(2)28-11-10-14-8-9-15(19(23)27-5)12-16(14)22(25)26/h6-9,12H,1,10-11H2,2-5H3/b17-7+,18-13-. The summed E-state index contributed by atoms with van der Waals surface area (Å²) >= 11 is 0. The van der Waals surface area contributed by atoms with E-state index in [2.05, 4.69) is 11.3 Å². The van der Waals surface area contributed by atoms with Crippen LogP contribution in [0.25, 0.3) is 0 Å². The molecule has 1 aliphatic rings. The van der Waals surface area contributed by atoms with Crippen molar-refractivity contribution in [1.82, 2.24) is 0 Å². The number of rotatable bonds is 7. The van der Waals surface area contributed by atoms with Crippen molar-refractivity contribution >= 4 is 17.6 Å². The molecule has 0 N–H and O–H groups in total. The molecule has 1 heterocycles. The molecule has 1 aliphatic heterocycles. The van der Waals surface area contributed by atoms with Crippen molar-refractivity contribution in [3.63, 3.8) is 0 Å². The molecule has 0 saturated carbocycles. The van der Waals surface area contributed by atoms with E-state index in [0.29, 0.717) is 5.56 Å². The number of cyclic esters (lactones) is 1. The number of carbonyl (C=O) groups is 2. The number of methoxy groups -OCH3 is 1. The Morgan fingerprint density at radius 2 is 2.03 bits per heavy atom. The van der Waals surface area contributed by atoms with E-state index in [9.17, 15) is 19.7 Å². The first-order chi connectivity index (χ1) is 14.1. The van der Waals surface area contributed by atoms with Gasteiger partial charge in [-0.3, -0.25) is 10.1 Å². The maximum Gasteiger partial charge on any atom is 0.348 e. The van der Waals surface area contributed by atoms with Crippen molar-refractivity contribution in [2.75, 3.05) is 13.7 Å². The Morgan fingerprint density at radius 3 is 2.63 bits per heavy atom. The first kappa shape index (κ1) is 22.7. The highest BCUT2D eigenvalue weighted by molar-refractivity contribution is 5.94. The first-order valence-electron chi connectivity index (χ1n) is 9.04. The van der Waals surface area contributed by atoms with Gasteiger partial charge in [0.05, 0.1) is 24.2 Å². The van der Waals surface area contributed by atoms with E-state index >= 15 is 0 Å². The van der Waals surface area contributed by atoms with Gasteiger partial charge in [0.2, 0.25) is 5.79 Å². The fourth-order valence-corrected chi connectivity index (χ4v) is 2.83. The average molecular weight is 417 g/mol. The fourth-order valence-electron chi connectivity index (χ4n) is 2.83. The highest BCUT2D eigenvalue weighted by Gasteiger charge is 2.37. The Labute approximate surface area is 173 Å². The van der Waals surface area contributed by atoms with Gasteiger partial charge in [-0.2, -0.15) is 0 Å². The average Bonchev–Trinajstić information content (AvgIpc) is 2.66. The SMILES string of the molecule is C=C/C=C1/OC(C)(C)OC(=O)/C1=C(/C)OCCc1ccc(C(=O)OC)cc1[N+](=O)[O-]. The number of esters is 2. The van der Waals surface area contributed by atoms with Gasteiger partial charge in [-0.05, 0) is 19.1 Å². The molecule has 0 amide bonds. The van der Waals surface area contributed by atoms with Crippen molar-refractivity contribution in [2.24, 2.45) is 0 Å². The van der Waals surface area contributed by atoms with Crippen LogP contribution < -0.4 is 0 Å². The second-order valence-corrected chi connectivity index (χ2v) is 6.78. The minimum atomic E-state index is -1.13. The minimum Gasteiger partial charge on any atom is -0.497 e. The Hall–Kier alpha value is -3.62. The van der Waals surface area contributed by atoms with Crippen LogP contribution in [0, 0.1) is 10.1 Å². The molecule has 1 aromatic carbocycles. The van der Waals surface area contributed by atoms with Crippen molar-refractivity contribution < 1.29 is 33.5 Å². The molecule has 1 saturated heterocycles. The van der Waals surface area contributed by atoms with E-state index in [0.717, 1.165) is 6.07 Å². The molecular formula is C21H23NO8. The summed E-state index contributed by atoms with van der Waals surface area (Å²) in [6, 6.07) is 4.07. The normalized spacial score (nSPS) is 18.1. The van der Waals surface area contributed by atoms with Gasteiger partial charge in [-0.25, -0.2) is 9.59 Å². The molecule has 160 valence electrons. The monoisotopic (exact) mass is 417 g/mol. The number of nitro groups is 1. The van der Waals surface area contributed by atoms with Gasteiger partial charge in [0.15, 0.2) is 0 Å². The number of allylic oxidation sites excluding steroid dienone is 3. The van der Waals surface area contributed by atoms with Gasteiger partial charge in [0.25, 0.3) is 5.69 Å². The van der Waals surface area contributed by atoms with Crippen LogP contribution in [-0.2, 0) is 30.2 Å². The van der Waals surface area contributed by atoms with E-state index in [1.807, 2.05) is 0 Å². The lowest BCUT2D eigenvalue weighted by molar-refractivity contribution is -0.385. The highest BCUT2D eigenvalue weighted by atomic mass is 16.7. The molecule has 0 aromatic heterocycles. The zero-order chi connectivity index (χ0) is 22.5. The van der Waals surface area contributed by atoms with Crippen LogP contribution in [0.4, 0.5) is 5.69 Å². The summed E-state index contributed by atoms with van der Waals surface area (Å²) in [5, 5.41) is 11.4. The predicted octanol–water partition coefficient (Wildman–Crippen LogP) is 3.59. The maximum absolute atomic E-state index is 12.4. The van der Waals surface area contributed by atoms with Crippen LogP contribution in [0.1, 0.15) is 36.7 Å². The van der Waals surface area contributed by atoms with Gasteiger partial charge in [0, 0.05) is 31.9 Å². The summed E-state index contributed by atoms with van der Waals surface area (Å²) in [5.41, 5.74) is 0.345. The summed E-state index contributed by atoms with van der Waals surface area (Å²) < 4.78 is 21.1. The van der Waals surface area contributed by atoms with Gasteiger partial charge in [0.1, 0.15) is 17.1 Å². The molecule has 0 atom stereocenters. The summed E-state index contributed by atoms with van der Waals surface area (Å²) in [4.78, 5) is 34.8. The van der Waals surface area contributed by atoms with Crippen molar-refractivity contribution in [3.05, 3.63) is 75.3 Å². The van der Waals surface area contributed by atoms with E-state index in [1.54, 1.807) is 20.8 Å².